The van der Waals surface area contributed by atoms with Crippen molar-refractivity contribution in [3.05, 3.63) is 78.0 Å². The van der Waals surface area contributed by atoms with Gasteiger partial charge in [0, 0.05) is 23.6 Å². The zero-order valence-electron chi connectivity index (χ0n) is 10.4. The molecule has 0 unspecified atom stereocenters. The number of pyridine rings is 1. The molecule has 0 atom stereocenters. The highest BCUT2D eigenvalue weighted by molar-refractivity contribution is 5.99. The minimum absolute atomic E-state index is 0.124. The molecule has 0 spiro atoms. The zero-order chi connectivity index (χ0) is 13.1. The third-order valence-electron chi connectivity index (χ3n) is 3.16. The van der Waals surface area contributed by atoms with Crippen LogP contribution in [0.4, 0.5) is 0 Å². The molecule has 0 amide bonds. The van der Waals surface area contributed by atoms with E-state index in [-0.39, 0.29) is 5.78 Å². The number of carbonyl (C=O) groups is 1. The fourth-order valence-electron chi connectivity index (χ4n) is 2.21. The Kier molecular flexibility index (Phi) is 3.07. The van der Waals surface area contributed by atoms with Gasteiger partial charge in [-0.05, 0) is 11.6 Å². The lowest BCUT2D eigenvalue weighted by molar-refractivity contribution is 0.0993. The molecule has 1 heterocycles. The number of Topliss-reactive ketones (excluding diaryl/α,β-unsaturated/α-hetero) is 1. The molecule has 0 radical (unpaired) electrons. The van der Waals surface area contributed by atoms with Crippen molar-refractivity contribution in [2.75, 3.05) is 0 Å². The molecule has 3 aromatic rings. The fourth-order valence-corrected chi connectivity index (χ4v) is 2.21. The largest absolute Gasteiger partial charge is 0.294 e. The summed E-state index contributed by atoms with van der Waals surface area (Å²) in [5.41, 5.74) is 2.64. The van der Waals surface area contributed by atoms with E-state index < -0.39 is 0 Å². The maximum Gasteiger partial charge on any atom is 0.167 e. The Labute approximate surface area is 111 Å². The second kappa shape index (κ2) is 5.02. The van der Waals surface area contributed by atoms with Crippen LogP contribution in [0.3, 0.4) is 0 Å². The van der Waals surface area contributed by atoms with E-state index in [0.29, 0.717) is 6.42 Å². The van der Waals surface area contributed by atoms with E-state index in [0.717, 1.165) is 22.0 Å². The van der Waals surface area contributed by atoms with Gasteiger partial charge in [-0.2, -0.15) is 0 Å². The van der Waals surface area contributed by atoms with Crippen LogP contribution in [0.5, 0.6) is 0 Å². The maximum atomic E-state index is 12.2. The van der Waals surface area contributed by atoms with Crippen LogP contribution < -0.4 is 0 Å². The average molecular weight is 247 g/mol. The average Bonchev–Trinajstić information content (AvgIpc) is 2.48. The summed E-state index contributed by atoms with van der Waals surface area (Å²) in [6.07, 6.45) is 2.15. The molecule has 0 aliphatic rings. The molecule has 0 fully saturated rings. The number of para-hydroxylation sites is 1. The highest BCUT2D eigenvalue weighted by Crippen LogP contribution is 2.17. The molecule has 3 rings (SSSR count). The summed E-state index contributed by atoms with van der Waals surface area (Å²) in [6.45, 7) is 0. The molecular weight excluding hydrogens is 234 g/mol. The van der Waals surface area contributed by atoms with Crippen LogP contribution in [0, 0.1) is 0 Å². The second-order valence-corrected chi connectivity index (χ2v) is 4.46. The molecular formula is C17H13NO. The lowest BCUT2D eigenvalue weighted by Crippen LogP contribution is -2.04. The number of ketones is 1. The third-order valence-corrected chi connectivity index (χ3v) is 3.16. The van der Waals surface area contributed by atoms with E-state index in [1.54, 1.807) is 6.20 Å². The van der Waals surface area contributed by atoms with Gasteiger partial charge in [0.25, 0.3) is 0 Å². The molecule has 0 N–H and O–H groups in total. The smallest absolute Gasteiger partial charge is 0.167 e. The third kappa shape index (κ3) is 2.38. The van der Waals surface area contributed by atoms with Gasteiger partial charge in [-0.1, -0.05) is 54.6 Å². The van der Waals surface area contributed by atoms with Gasteiger partial charge in [-0.3, -0.25) is 9.78 Å². The Bertz CT molecular complexity index is 714. The first-order valence-electron chi connectivity index (χ1n) is 6.25. The van der Waals surface area contributed by atoms with Gasteiger partial charge in [0.05, 0.1) is 5.52 Å². The van der Waals surface area contributed by atoms with Crippen molar-refractivity contribution in [3.8, 4) is 0 Å². The number of hydrogen-bond acceptors (Lipinski definition) is 2. The van der Waals surface area contributed by atoms with Crippen molar-refractivity contribution < 1.29 is 4.79 Å². The van der Waals surface area contributed by atoms with Crippen LogP contribution in [-0.2, 0) is 6.42 Å². The van der Waals surface area contributed by atoms with E-state index in [1.807, 2.05) is 60.7 Å². The molecule has 2 heteroatoms. The van der Waals surface area contributed by atoms with Crippen LogP contribution in [0.15, 0.2) is 66.9 Å². The standard InChI is InChI=1S/C17H13NO/c19-16(13-6-2-1-3-7-13)12-15-9-4-8-14-10-5-11-18-17(14)15/h1-11H,12H2. The van der Waals surface area contributed by atoms with Gasteiger partial charge in [-0.15, -0.1) is 0 Å². The Morgan fingerprint density at radius 3 is 2.53 bits per heavy atom. The molecule has 19 heavy (non-hydrogen) atoms. The maximum absolute atomic E-state index is 12.2. The Hall–Kier alpha value is -2.48. The minimum Gasteiger partial charge on any atom is -0.294 e. The van der Waals surface area contributed by atoms with Gasteiger partial charge in [0.2, 0.25) is 0 Å². The topological polar surface area (TPSA) is 30.0 Å². The van der Waals surface area contributed by atoms with E-state index in [2.05, 4.69) is 4.98 Å². The van der Waals surface area contributed by atoms with Gasteiger partial charge in [0.15, 0.2) is 5.78 Å². The van der Waals surface area contributed by atoms with Crippen molar-refractivity contribution >= 4 is 16.7 Å². The van der Waals surface area contributed by atoms with Gasteiger partial charge >= 0.3 is 0 Å². The molecule has 0 aliphatic heterocycles. The van der Waals surface area contributed by atoms with E-state index >= 15 is 0 Å². The molecule has 0 bridgehead atoms. The summed E-state index contributed by atoms with van der Waals surface area (Å²) in [5.74, 6) is 0.124. The molecule has 2 aromatic carbocycles. The normalized spacial score (nSPS) is 10.5. The van der Waals surface area contributed by atoms with Crippen molar-refractivity contribution in [1.29, 1.82) is 0 Å². The van der Waals surface area contributed by atoms with Crippen molar-refractivity contribution in [3.63, 3.8) is 0 Å². The lowest BCUT2D eigenvalue weighted by Gasteiger charge is -2.05. The molecule has 92 valence electrons. The summed E-state index contributed by atoms with van der Waals surface area (Å²) < 4.78 is 0. The number of rotatable bonds is 3. The van der Waals surface area contributed by atoms with Crippen LogP contribution >= 0.6 is 0 Å². The van der Waals surface area contributed by atoms with Crippen LogP contribution in [0.1, 0.15) is 15.9 Å². The summed E-state index contributed by atoms with van der Waals surface area (Å²) in [7, 11) is 0. The molecule has 1 aromatic heterocycles. The van der Waals surface area contributed by atoms with Crippen molar-refractivity contribution in [2.45, 2.75) is 6.42 Å². The van der Waals surface area contributed by atoms with Crippen LogP contribution in [0.2, 0.25) is 0 Å². The lowest BCUT2D eigenvalue weighted by atomic mass is 10.0. The van der Waals surface area contributed by atoms with E-state index in [9.17, 15) is 4.79 Å². The zero-order valence-corrected chi connectivity index (χ0v) is 10.4. The van der Waals surface area contributed by atoms with Crippen molar-refractivity contribution in [2.24, 2.45) is 0 Å². The number of aromatic nitrogens is 1. The monoisotopic (exact) mass is 247 g/mol. The highest BCUT2D eigenvalue weighted by Gasteiger charge is 2.09. The molecule has 0 aliphatic carbocycles. The Morgan fingerprint density at radius 1 is 0.895 bits per heavy atom. The molecule has 0 saturated carbocycles. The number of nitrogens with zero attached hydrogens (tertiary/aromatic N) is 1. The number of benzene rings is 2. The number of carbonyl (C=O) groups excluding carboxylic acids is 1. The fraction of sp³-hybridized carbons (Fsp3) is 0.0588. The van der Waals surface area contributed by atoms with E-state index in [1.165, 1.54) is 0 Å². The molecule has 2 nitrogen and oxygen atoms in total. The first-order chi connectivity index (χ1) is 9.34. The van der Waals surface area contributed by atoms with Crippen molar-refractivity contribution in [1.82, 2.24) is 4.98 Å². The first-order valence-corrected chi connectivity index (χ1v) is 6.25. The number of fused-ring (bicyclic) bond motifs is 1. The molecule has 0 saturated heterocycles. The quantitative estimate of drug-likeness (QED) is 0.661. The predicted octanol–water partition coefficient (Wildman–Crippen LogP) is 3.66. The minimum atomic E-state index is 0.124. The summed E-state index contributed by atoms with van der Waals surface area (Å²) in [6, 6.07) is 19.2. The van der Waals surface area contributed by atoms with Crippen LogP contribution in [-0.4, -0.2) is 10.8 Å². The highest BCUT2D eigenvalue weighted by atomic mass is 16.1. The first kappa shape index (κ1) is 11.6. The summed E-state index contributed by atoms with van der Waals surface area (Å²) >= 11 is 0. The number of hydrogen-bond donors (Lipinski definition) is 0. The SMILES string of the molecule is O=C(Cc1cccc2cccnc12)c1ccccc1. The van der Waals surface area contributed by atoms with Gasteiger partial charge < -0.3 is 0 Å². The Morgan fingerprint density at radius 2 is 1.68 bits per heavy atom. The summed E-state index contributed by atoms with van der Waals surface area (Å²) in [5, 5.41) is 1.07. The summed E-state index contributed by atoms with van der Waals surface area (Å²) in [4.78, 5) is 16.6. The second-order valence-electron chi connectivity index (χ2n) is 4.46. The van der Waals surface area contributed by atoms with E-state index in [4.69, 9.17) is 0 Å². The predicted molar refractivity (Wildman–Crippen MR) is 76.2 cm³/mol. The van der Waals surface area contributed by atoms with Gasteiger partial charge in [-0.25, -0.2) is 0 Å². The van der Waals surface area contributed by atoms with Crippen LogP contribution in [0.25, 0.3) is 10.9 Å². The Balaban J connectivity index is 1.96. The van der Waals surface area contributed by atoms with Gasteiger partial charge in [0.1, 0.15) is 0 Å².